The Hall–Kier alpha value is -2.41. The third-order valence-electron chi connectivity index (χ3n) is 2.63. The molecule has 0 atom stereocenters. The van der Waals surface area contributed by atoms with Gasteiger partial charge in [0, 0.05) is 24.5 Å². The predicted molar refractivity (Wildman–Crippen MR) is 78.2 cm³/mol. The molecule has 0 saturated carbocycles. The van der Waals surface area contributed by atoms with Crippen LogP contribution in [0.1, 0.15) is 13.3 Å². The van der Waals surface area contributed by atoms with Crippen LogP contribution in [-0.2, 0) is 4.79 Å². The van der Waals surface area contributed by atoms with E-state index in [9.17, 15) is 4.79 Å². The number of guanidine groups is 1. The van der Waals surface area contributed by atoms with Crippen LogP contribution in [0.15, 0.2) is 40.2 Å². The highest BCUT2D eigenvalue weighted by atomic mass is 16.3. The van der Waals surface area contributed by atoms with Gasteiger partial charge in [0.1, 0.15) is 6.73 Å². The van der Waals surface area contributed by atoms with Crippen molar-refractivity contribution in [3.63, 3.8) is 0 Å². The molecule has 0 saturated heterocycles. The van der Waals surface area contributed by atoms with Gasteiger partial charge >= 0.3 is 0 Å². The largest absolute Gasteiger partial charge is 0.393 e. The highest BCUT2D eigenvalue weighted by Gasteiger charge is 2.15. The number of nitrogens with zero attached hydrogens (tertiary/aromatic N) is 1. The Bertz CT molecular complexity index is 503. The average molecular weight is 277 g/mol. The Kier molecular flexibility index (Phi) is 6.18. The van der Waals surface area contributed by atoms with E-state index in [1.54, 1.807) is 25.4 Å². The Balaban J connectivity index is 3.05. The van der Waals surface area contributed by atoms with E-state index in [4.69, 9.17) is 10.5 Å². The van der Waals surface area contributed by atoms with Gasteiger partial charge in [-0.05, 0) is 24.1 Å². The second-order valence-electron chi connectivity index (χ2n) is 3.92. The summed E-state index contributed by atoms with van der Waals surface area (Å²) in [5.74, 6) is 0.158. The minimum Gasteiger partial charge on any atom is -0.393 e. The van der Waals surface area contributed by atoms with Crippen molar-refractivity contribution < 1.29 is 9.90 Å². The van der Waals surface area contributed by atoms with Crippen LogP contribution in [0.4, 0.5) is 0 Å². The molecule has 0 bridgehead atoms. The van der Waals surface area contributed by atoms with Gasteiger partial charge in [-0.15, -0.1) is 0 Å². The molecule has 5 N–H and O–H groups in total. The molecule has 1 aliphatic rings. The number of hydrogen-bond acceptors (Lipinski definition) is 5. The SMILES string of the molecule is CCC1=CC(=N)/C(=C\NC)C=C1N/C(=N/CO)NC=O. The molecule has 0 unspecified atom stereocenters. The van der Waals surface area contributed by atoms with Crippen molar-refractivity contribution in [1.29, 1.82) is 5.41 Å². The molecule has 0 aromatic carbocycles. The second-order valence-corrected chi connectivity index (χ2v) is 3.92. The van der Waals surface area contributed by atoms with Gasteiger partial charge in [-0.3, -0.25) is 10.1 Å². The molecule has 1 aliphatic carbocycles. The standard InChI is InChI=1S/C13H19N5O2/c1-3-9-4-11(14)10(6-15-2)5-12(9)18-13(16-7-19)17-8-20/h4-7,14-15,20H,3,8H2,1-2H3,(H2,16,17,18,19)/b10-6-,14-11?. The summed E-state index contributed by atoms with van der Waals surface area (Å²) in [7, 11) is 1.76. The predicted octanol–water partition coefficient (Wildman–Crippen LogP) is -0.0152. The van der Waals surface area contributed by atoms with E-state index < -0.39 is 6.73 Å². The Morgan fingerprint density at radius 3 is 2.80 bits per heavy atom. The van der Waals surface area contributed by atoms with Gasteiger partial charge in [0.2, 0.25) is 12.4 Å². The Morgan fingerprint density at radius 2 is 2.25 bits per heavy atom. The van der Waals surface area contributed by atoms with E-state index in [0.717, 1.165) is 17.7 Å². The number of aliphatic imine (C=N–C) groups is 1. The number of aliphatic hydroxyl groups excluding tert-OH is 1. The van der Waals surface area contributed by atoms with E-state index in [1.165, 1.54) is 0 Å². The molecule has 0 radical (unpaired) electrons. The maximum absolute atomic E-state index is 10.5. The van der Waals surface area contributed by atoms with Crippen molar-refractivity contribution in [2.75, 3.05) is 13.8 Å². The summed E-state index contributed by atoms with van der Waals surface area (Å²) in [5.41, 5.74) is 2.76. The van der Waals surface area contributed by atoms with Crippen molar-refractivity contribution in [2.24, 2.45) is 4.99 Å². The highest BCUT2D eigenvalue weighted by molar-refractivity contribution is 6.10. The van der Waals surface area contributed by atoms with E-state index in [-0.39, 0.29) is 5.96 Å². The number of aliphatic hydroxyl groups is 1. The molecule has 0 aromatic rings. The third kappa shape index (κ3) is 4.06. The molecule has 0 aromatic heterocycles. The molecule has 1 amide bonds. The van der Waals surface area contributed by atoms with Crippen molar-refractivity contribution in [3.8, 4) is 0 Å². The minimum atomic E-state index is -0.434. The number of carbonyl (C=O) groups is 1. The summed E-state index contributed by atoms with van der Waals surface area (Å²) >= 11 is 0. The zero-order valence-electron chi connectivity index (χ0n) is 11.5. The maximum Gasteiger partial charge on any atom is 0.213 e. The van der Waals surface area contributed by atoms with Crippen LogP contribution >= 0.6 is 0 Å². The molecule has 0 aliphatic heterocycles. The van der Waals surface area contributed by atoms with Gasteiger partial charge in [-0.1, -0.05) is 6.92 Å². The first-order valence-corrected chi connectivity index (χ1v) is 6.17. The van der Waals surface area contributed by atoms with E-state index >= 15 is 0 Å². The topological polar surface area (TPSA) is 110 Å². The lowest BCUT2D eigenvalue weighted by molar-refractivity contribution is -0.108. The van der Waals surface area contributed by atoms with Gasteiger partial charge in [0.25, 0.3) is 0 Å². The number of carbonyl (C=O) groups excluding carboxylic acids is 1. The van der Waals surface area contributed by atoms with Crippen LogP contribution in [0.25, 0.3) is 0 Å². The van der Waals surface area contributed by atoms with Crippen molar-refractivity contribution >= 4 is 18.1 Å². The Labute approximate surface area is 117 Å². The first-order chi connectivity index (χ1) is 9.65. The van der Waals surface area contributed by atoms with Crippen LogP contribution in [0, 0.1) is 5.41 Å². The van der Waals surface area contributed by atoms with Gasteiger partial charge in [0.05, 0.1) is 5.71 Å². The summed E-state index contributed by atoms with van der Waals surface area (Å²) in [6.07, 6.45) is 6.46. The molecule has 1 rings (SSSR count). The van der Waals surface area contributed by atoms with Crippen LogP contribution in [0.2, 0.25) is 0 Å². The van der Waals surface area contributed by atoms with Crippen LogP contribution < -0.4 is 16.0 Å². The van der Waals surface area contributed by atoms with Gasteiger partial charge in [0.15, 0.2) is 0 Å². The molecular weight excluding hydrogens is 258 g/mol. The second kappa shape index (κ2) is 7.90. The molecule has 20 heavy (non-hydrogen) atoms. The molecule has 7 heteroatoms. The van der Waals surface area contributed by atoms with Crippen LogP contribution in [0.5, 0.6) is 0 Å². The zero-order chi connectivity index (χ0) is 15.0. The quantitative estimate of drug-likeness (QED) is 0.276. The number of nitrogens with one attached hydrogen (secondary N) is 4. The maximum atomic E-state index is 10.5. The fraction of sp³-hybridized carbons (Fsp3) is 0.308. The molecule has 0 spiro atoms. The summed E-state index contributed by atoms with van der Waals surface area (Å²) in [6, 6.07) is 0. The van der Waals surface area contributed by atoms with Crippen LogP contribution in [0.3, 0.4) is 0 Å². The van der Waals surface area contributed by atoms with Gasteiger partial charge in [-0.2, -0.15) is 0 Å². The molecule has 7 nitrogen and oxygen atoms in total. The highest BCUT2D eigenvalue weighted by Crippen LogP contribution is 2.20. The van der Waals surface area contributed by atoms with Crippen LogP contribution in [-0.4, -0.2) is 37.0 Å². The molecule has 0 fully saturated rings. The van der Waals surface area contributed by atoms with Crippen molar-refractivity contribution in [2.45, 2.75) is 13.3 Å². The average Bonchev–Trinajstić information content (AvgIpc) is 2.43. The van der Waals surface area contributed by atoms with Gasteiger partial charge in [-0.25, -0.2) is 4.99 Å². The number of amides is 1. The zero-order valence-corrected chi connectivity index (χ0v) is 11.5. The summed E-state index contributed by atoms with van der Waals surface area (Å²) in [5, 5.41) is 24.9. The number of allylic oxidation sites excluding steroid dienone is 4. The normalized spacial score (nSPS) is 17.4. The van der Waals surface area contributed by atoms with E-state index in [1.807, 2.05) is 6.92 Å². The lowest BCUT2D eigenvalue weighted by atomic mass is 9.96. The summed E-state index contributed by atoms with van der Waals surface area (Å²) < 4.78 is 0. The number of rotatable bonds is 5. The van der Waals surface area contributed by atoms with Gasteiger partial charge < -0.3 is 21.1 Å². The lowest BCUT2D eigenvalue weighted by Gasteiger charge is -2.19. The first-order valence-electron chi connectivity index (χ1n) is 6.17. The number of hydrogen-bond donors (Lipinski definition) is 5. The van der Waals surface area contributed by atoms with E-state index in [2.05, 4.69) is 20.9 Å². The minimum absolute atomic E-state index is 0.158. The first kappa shape index (κ1) is 15.6. The summed E-state index contributed by atoms with van der Waals surface area (Å²) in [6.45, 7) is 1.54. The lowest BCUT2D eigenvalue weighted by Crippen LogP contribution is -2.37. The van der Waals surface area contributed by atoms with Crippen molar-refractivity contribution in [3.05, 3.63) is 35.2 Å². The Morgan fingerprint density at radius 1 is 1.50 bits per heavy atom. The summed E-state index contributed by atoms with van der Waals surface area (Å²) in [4.78, 5) is 14.2. The third-order valence-corrected chi connectivity index (χ3v) is 2.63. The smallest absolute Gasteiger partial charge is 0.213 e. The van der Waals surface area contributed by atoms with Crippen molar-refractivity contribution in [1.82, 2.24) is 16.0 Å². The molecule has 0 heterocycles. The molecule has 108 valence electrons. The molecular formula is C13H19N5O2. The fourth-order valence-electron chi connectivity index (χ4n) is 1.72. The van der Waals surface area contributed by atoms with E-state index in [0.29, 0.717) is 17.7 Å². The fourth-order valence-corrected chi connectivity index (χ4v) is 1.72. The monoisotopic (exact) mass is 277 g/mol.